The molecule has 3 rings (SSSR count). The van der Waals surface area contributed by atoms with Gasteiger partial charge in [-0.25, -0.2) is 0 Å². The molecule has 162 valence electrons. The summed E-state index contributed by atoms with van der Waals surface area (Å²) in [6.45, 7) is 0.648. The molecule has 1 aliphatic rings. The lowest BCUT2D eigenvalue weighted by Gasteiger charge is -2.35. The van der Waals surface area contributed by atoms with Crippen molar-refractivity contribution in [3.05, 3.63) is 53.6 Å². The number of ether oxygens (including phenoxy) is 3. The average molecular weight is 420 g/mol. The molecule has 6 nitrogen and oxygen atoms in total. The molecule has 0 bridgehead atoms. The Kier molecular flexibility index (Phi) is 7.46. The van der Waals surface area contributed by atoms with Crippen LogP contribution in [0.1, 0.15) is 11.1 Å². The lowest BCUT2D eigenvalue weighted by molar-refractivity contribution is -0.132. The number of halogens is 2. The number of rotatable bonds is 8. The van der Waals surface area contributed by atoms with Crippen molar-refractivity contribution in [1.82, 2.24) is 9.80 Å². The lowest BCUT2D eigenvalue weighted by atomic mass is 10.1. The molecule has 2 aromatic carbocycles. The van der Waals surface area contributed by atoms with Crippen molar-refractivity contribution in [2.75, 3.05) is 40.4 Å². The number of carbonyl (C=O) groups is 1. The van der Waals surface area contributed by atoms with E-state index in [1.54, 1.807) is 26.4 Å². The van der Waals surface area contributed by atoms with E-state index in [4.69, 9.17) is 9.47 Å². The van der Waals surface area contributed by atoms with E-state index in [9.17, 15) is 13.6 Å². The first-order valence-electron chi connectivity index (χ1n) is 9.73. The molecule has 30 heavy (non-hydrogen) atoms. The van der Waals surface area contributed by atoms with Crippen LogP contribution in [0, 0.1) is 0 Å². The number of piperazine rings is 1. The molecule has 1 aliphatic heterocycles. The van der Waals surface area contributed by atoms with Gasteiger partial charge in [0.1, 0.15) is 17.2 Å². The van der Waals surface area contributed by atoms with Crippen LogP contribution in [-0.4, -0.2) is 62.7 Å². The van der Waals surface area contributed by atoms with Gasteiger partial charge in [0, 0.05) is 38.3 Å². The molecule has 0 aromatic heterocycles. The van der Waals surface area contributed by atoms with Crippen molar-refractivity contribution in [2.24, 2.45) is 0 Å². The maximum atomic E-state index is 12.6. The number of nitrogens with zero attached hydrogens (tertiary/aromatic N) is 2. The van der Waals surface area contributed by atoms with E-state index in [0.29, 0.717) is 19.6 Å². The van der Waals surface area contributed by atoms with Crippen LogP contribution >= 0.6 is 0 Å². The Morgan fingerprint density at radius 2 is 1.63 bits per heavy atom. The Labute approximate surface area is 174 Å². The summed E-state index contributed by atoms with van der Waals surface area (Å²) in [5.74, 6) is 1.71. The van der Waals surface area contributed by atoms with Gasteiger partial charge in [0.15, 0.2) is 0 Å². The first-order valence-corrected chi connectivity index (χ1v) is 9.73. The highest BCUT2D eigenvalue weighted by Crippen LogP contribution is 2.25. The number of hydrogen-bond donors (Lipinski definition) is 0. The number of amides is 1. The monoisotopic (exact) mass is 420 g/mol. The molecule has 8 heteroatoms. The highest BCUT2D eigenvalue weighted by molar-refractivity contribution is 5.79. The fraction of sp³-hybridized carbons (Fsp3) is 0.409. The van der Waals surface area contributed by atoms with E-state index in [0.717, 1.165) is 35.7 Å². The standard InChI is InChI=1S/C22H26F2N2O4/c1-28-19-7-8-20(29-2)17(14-19)15-25-9-11-26(12-10-25)21(27)13-16-3-5-18(6-4-16)30-22(23)24/h3-8,14,22H,9-13,15H2,1-2H3. The Morgan fingerprint density at radius 3 is 2.23 bits per heavy atom. The van der Waals surface area contributed by atoms with Crippen LogP contribution in [0.15, 0.2) is 42.5 Å². The summed E-state index contributed by atoms with van der Waals surface area (Å²) in [6.07, 6.45) is 0.235. The topological polar surface area (TPSA) is 51.2 Å². The zero-order chi connectivity index (χ0) is 21.5. The SMILES string of the molecule is COc1ccc(OC)c(CN2CCN(C(=O)Cc3ccc(OC(F)F)cc3)CC2)c1. The minimum Gasteiger partial charge on any atom is -0.497 e. The molecule has 1 heterocycles. The van der Waals surface area contributed by atoms with E-state index in [1.807, 2.05) is 23.1 Å². The Balaban J connectivity index is 1.51. The average Bonchev–Trinajstić information content (AvgIpc) is 2.75. The normalized spacial score (nSPS) is 14.6. The fourth-order valence-electron chi connectivity index (χ4n) is 3.48. The molecule has 0 unspecified atom stereocenters. The molecular formula is C22H26F2N2O4. The van der Waals surface area contributed by atoms with Crippen molar-refractivity contribution in [3.63, 3.8) is 0 Å². The van der Waals surface area contributed by atoms with Gasteiger partial charge in [-0.2, -0.15) is 8.78 Å². The van der Waals surface area contributed by atoms with Crippen LogP contribution in [0.3, 0.4) is 0 Å². The van der Waals surface area contributed by atoms with Gasteiger partial charge in [0.2, 0.25) is 5.91 Å². The third-order valence-corrected chi connectivity index (χ3v) is 5.11. The summed E-state index contributed by atoms with van der Waals surface area (Å²) in [5, 5.41) is 0. The predicted molar refractivity (Wildman–Crippen MR) is 108 cm³/mol. The summed E-state index contributed by atoms with van der Waals surface area (Å²) in [4.78, 5) is 16.7. The maximum Gasteiger partial charge on any atom is 0.387 e. The van der Waals surface area contributed by atoms with Crippen molar-refractivity contribution in [3.8, 4) is 17.2 Å². The molecule has 0 radical (unpaired) electrons. The van der Waals surface area contributed by atoms with Crippen LogP contribution in [-0.2, 0) is 17.8 Å². The molecule has 1 saturated heterocycles. The Morgan fingerprint density at radius 1 is 0.967 bits per heavy atom. The minimum atomic E-state index is -2.86. The highest BCUT2D eigenvalue weighted by atomic mass is 19.3. The van der Waals surface area contributed by atoms with E-state index in [1.165, 1.54) is 12.1 Å². The molecule has 0 aliphatic carbocycles. The van der Waals surface area contributed by atoms with Gasteiger partial charge in [-0.3, -0.25) is 9.69 Å². The Bertz CT molecular complexity index is 838. The maximum absolute atomic E-state index is 12.6. The van der Waals surface area contributed by atoms with Crippen LogP contribution < -0.4 is 14.2 Å². The van der Waals surface area contributed by atoms with Gasteiger partial charge in [0.05, 0.1) is 20.6 Å². The number of carbonyl (C=O) groups excluding carboxylic acids is 1. The summed E-state index contributed by atoms with van der Waals surface area (Å²) in [7, 11) is 3.28. The third kappa shape index (κ3) is 5.82. The molecule has 0 atom stereocenters. The molecule has 2 aromatic rings. The van der Waals surface area contributed by atoms with Gasteiger partial charge in [-0.05, 0) is 35.9 Å². The second-order valence-electron chi connectivity index (χ2n) is 7.03. The van der Waals surface area contributed by atoms with Crippen LogP contribution in [0.5, 0.6) is 17.2 Å². The number of benzene rings is 2. The van der Waals surface area contributed by atoms with Gasteiger partial charge < -0.3 is 19.1 Å². The van der Waals surface area contributed by atoms with Gasteiger partial charge in [0.25, 0.3) is 0 Å². The molecule has 0 N–H and O–H groups in total. The molecule has 0 saturated carbocycles. The van der Waals surface area contributed by atoms with Crippen molar-refractivity contribution < 1.29 is 27.8 Å². The van der Waals surface area contributed by atoms with E-state index in [-0.39, 0.29) is 18.1 Å². The van der Waals surface area contributed by atoms with E-state index >= 15 is 0 Å². The van der Waals surface area contributed by atoms with Gasteiger partial charge >= 0.3 is 6.61 Å². The fourth-order valence-corrected chi connectivity index (χ4v) is 3.48. The van der Waals surface area contributed by atoms with Crippen molar-refractivity contribution in [2.45, 2.75) is 19.6 Å². The summed E-state index contributed by atoms with van der Waals surface area (Å²) in [5.41, 5.74) is 1.81. The predicted octanol–water partition coefficient (Wildman–Crippen LogP) is 3.19. The Hall–Kier alpha value is -2.87. The second-order valence-corrected chi connectivity index (χ2v) is 7.03. The summed E-state index contributed by atoms with van der Waals surface area (Å²) in [6, 6.07) is 11.9. The van der Waals surface area contributed by atoms with Crippen molar-refractivity contribution in [1.29, 1.82) is 0 Å². The van der Waals surface area contributed by atoms with Crippen LogP contribution in [0.4, 0.5) is 8.78 Å². The van der Waals surface area contributed by atoms with Gasteiger partial charge in [-0.1, -0.05) is 12.1 Å². The first-order chi connectivity index (χ1) is 14.5. The zero-order valence-electron chi connectivity index (χ0n) is 17.1. The minimum absolute atomic E-state index is 0.0242. The molecule has 1 fully saturated rings. The van der Waals surface area contributed by atoms with E-state index in [2.05, 4.69) is 9.64 Å². The lowest BCUT2D eigenvalue weighted by Crippen LogP contribution is -2.48. The zero-order valence-corrected chi connectivity index (χ0v) is 17.1. The number of alkyl halides is 2. The van der Waals surface area contributed by atoms with Crippen LogP contribution in [0.25, 0.3) is 0 Å². The largest absolute Gasteiger partial charge is 0.497 e. The summed E-state index contributed by atoms with van der Waals surface area (Å²) < 4.78 is 39.5. The van der Waals surface area contributed by atoms with Crippen molar-refractivity contribution >= 4 is 5.91 Å². The molecule has 0 spiro atoms. The quantitative estimate of drug-likeness (QED) is 0.657. The smallest absolute Gasteiger partial charge is 0.387 e. The third-order valence-electron chi connectivity index (χ3n) is 5.11. The molecule has 1 amide bonds. The van der Waals surface area contributed by atoms with Gasteiger partial charge in [-0.15, -0.1) is 0 Å². The molecular weight excluding hydrogens is 394 g/mol. The highest BCUT2D eigenvalue weighted by Gasteiger charge is 2.22. The van der Waals surface area contributed by atoms with E-state index < -0.39 is 6.61 Å². The second kappa shape index (κ2) is 10.2. The van der Waals surface area contributed by atoms with Crippen LogP contribution in [0.2, 0.25) is 0 Å². The first kappa shape index (κ1) is 21.8. The number of hydrogen-bond acceptors (Lipinski definition) is 5. The summed E-state index contributed by atoms with van der Waals surface area (Å²) >= 11 is 0. The number of methoxy groups -OCH3 is 2.